The lowest BCUT2D eigenvalue weighted by atomic mass is 10.1. The summed E-state index contributed by atoms with van der Waals surface area (Å²) in [6, 6.07) is 4.86. The average molecular weight is 356 g/mol. The predicted molar refractivity (Wildman–Crippen MR) is 82.3 cm³/mol. The average Bonchev–Trinajstić information content (AvgIpc) is 3.00. The quantitative estimate of drug-likeness (QED) is 0.839. The highest BCUT2D eigenvalue weighted by Gasteiger charge is 2.41. The Balaban J connectivity index is 2.04. The van der Waals surface area contributed by atoms with Crippen LogP contribution in [-0.2, 0) is 32.5 Å². The number of hydrogen-bond donors (Lipinski definition) is 1. The number of aromatic amines is 1. The molecule has 0 spiro atoms. The Hall–Kier alpha value is -1.90. The Morgan fingerprint density at radius 3 is 2.74 bits per heavy atom. The summed E-state index contributed by atoms with van der Waals surface area (Å²) in [4.78, 5) is 19.2. The number of nitrogens with one attached hydrogen (secondary N) is 1. The van der Waals surface area contributed by atoms with Crippen LogP contribution in [0.2, 0.25) is 5.02 Å². The zero-order valence-corrected chi connectivity index (χ0v) is 13.8. The van der Waals surface area contributed by atoms with Crippen molar-refractivity contribution in [2.24, 2.45) is 0 Å². The van der Waals surface area contributed by atoms with Gasteiger partial charge in [0.15, 0.2) is 0 Å². The molecule has 7 nitrogen and oxygen atoms in total. The molecule has 0 bridgehead atoms. The Morgan fingerprint density at radius 1 is 1.39 bits per heavy atom. The second kappa shape index (κ2) is 5.95. The van der Waals surface area contributed by atoms with Gasteiger partial charge in [-0.15, -0.1) is 0 Å². The molecule has 1 aliphatic heterocycles. The van der Waals surface area contributed by atoms with E-state index in [-0.39, 0.29) is 17.9 Å². The van der Waals surface area contributed by atoms with Crippen LogP contribution >= 0.6 is 11.6 Å². The summed E-state index contributed by atoms with van der Waals surface area (Å²) in [7, 11) is -2.65. The molecule has 1 aliphatic rings. The maximum atomic E-state index is 12.9. The van der Waals surface area contributed by atoms with Crippen molar-refractivity contribution in [3.8, 4) is 0 Å². The second-order valence-corrected chi connectivity index (χ2v) is 7.40. The summed E-state index contributed by atoms with van der Waals surface area (Å²) in [5.74, 6) is -0.615. The molecule has 0 saturated heterocycles. The van der Waals surface area contributed by atoms with Gasteiger partial charge in [-0.3, -0.25) is 4.79 Å². The first-order valence-electron chi connectivity index (χ1n) is 6.80. The first kappa shape index (κ1) is 16.0. The van der Waals surface area contributed by atoms with E-state index in [1.165, 1.54) is 37.7 Å². The molecule has 1 N–H and O–H groups in total. The molecule has 0 aliphatic carbocycles. The van der Waals surface area contributed by atoms with Crippen LogP contribution in [0.4, 0.5) is 0 Å². The van der Waals surface area contributed by atoms with Crippen LogP contribution in [0, 0.1) is 0 Å². The van der Waals surface area contributed by atoms with Crippen LogP contribution in [0.3, 0.4) is 0 Å². The third-order valence-electron chi connectivity index (χ3n) is 3.75. The van der Waals surface area contributed by atoms with Gasteiger partial charge in [0.05, 0.1) is 36.3 Å². The zero-order chi connectivity index (χ0) is 16.6. The number of methoxy groups -OCH3 is 1. The number of ether oxygens (including phenoxy) is 1. The smallest absolute Gasteiger partial charge is 0.324 e. The first-order valence-corrected chi connectivity index (χ1v) is 8.61. The van der Waals surface area contributed by atoms with E-state index in [4.69, 9.17) is 16.3 Å². The molecular formula is C14H14ClN3O4S. The summed E-state index contributed by atoms with van der Waals surface area (Å²) in [5, 5.41) is 0.433. The highest BCUT2D eigenvalue weighted by Crippen LogP contribution is 2.28. The van der Waals surface area contributed by atoms with Crippen molar-refractivity contribution in [3.63, 3.8) is 0 Å². The molecule has 0 fully saturated rings. The fourth-order valence-electron chi connectivity index (χ4n) is 2.54. The minimum atomic E-state index is -3.88. The Labute approximate surface area is 138 Å². The van der Waals surface area contributed by atoms with E-state index >= 15 is 0 Å². The summed E-state index contributed by atoms with van der Waals surface area (Å²) in [5.41, 5.74) is 1.34. The third kappa shape index (κ3) is 2.85. The molecule has 3 rings (SSSR count). The molecule has 0 saturated carbocycles. The predicted octanol–water partition coefficient (Wildman–Crippen LogP) is 1.35. The van der Waals surface area contributed by atoms with Gasteiger partial charge in [-0.25, -0.2) is 13.4 Å². The molecule has 1 unspecified atom stereocenters. The first-order chi connectivity index (χ1) is 10.9. The number of benzene rings is 1. The molecular weight excluding hydrogens is 342 g/mol. The number of imidazole rings is 1. The van der Waals surface area contributed by atoms with Crippen LogP contribution in [0.15, 0.2) is 35.5 Å². The normalized spacial score (nSPS) is 18.4. The number of halogens is 1. The zero-order valence-electron chi connectivity index (χ0n) is 12.2. The standard InChI is InChI=1S/C14H14ClN3O4S/c1-22-14(19)13-6-11-12(17-8-16-11)7-18(13)23(20,21)10-4-2-9(15)3-5-10/h2-5,8,13H,6-7H2,1H3,(H,16,17). The Bertz CT molecular complexity index is 832. The van der Waals surface area contributed by atoms with E-state index < -0.39 is 22.0 Å². The number of H-pyrrole nitrogens is 1. The van der Waals surface area contributed by atoms with Gasteiger partial charge in [0, 0.05) is 11.4 Å². The number of sulfonamides is 1. The largest absolute Gasteiger partial charge is 0.468 e. The van der Waals surface area contributed by atoms with E-state index in [9.17, 15) is 13.2 Å². The minimum Gasteiger partial charge on any atom is -0.468 e. The van der Waals surface area contributed by atoms with E-state index in [2.05, 4.69) is 9.97 Å². The third-order valence-corrected chi connectivity index (χ3v) is 5.87. The minimum absolute atomic E-state index is 0.0278. The number of fused-ring (bicyclic) bond motifs is 1. The number of carbonyl (C=O) groups is 1. The lowest BCUT2D eigenvalue weighted by molar-refractivity contribution is -0.145. The molecule has 122 valence electrons. The van der Waals surface area contributed by atoms with Gasteiger partial charge in [-0.2, -0.15) is 4.31 Å². The maximum absolute atomic E-state index is 12.9. The summed E-state index contributed by atoms with van der Waals surface area (Å²) in [6.07, 6.45) is 1.65. The van der Waals surface area contributed by atoms with E-state index in [1.807, 2.05) is 0 Å². The summed E-state index contributed by atoms with van der Waals surface area (Å²) < 4.78 is 31.7. The molecule has 0 amide bonds. The van der Waals surface area contributed by atoms with Gasteiger partial charge >= 0.3 is 5.97 Å². The van der Waals surface area contributed by atoms with Crippen molar-refractivity contribution >= 4 is 27.6 Å². The van der Waals surface area contributed by atoms with Gasteiger partial charge in [-0.1, -0.05) is 11.6 Å². The molecule has 2 aromatic rings. The maximum Gasteiger partial charge on any atom is 0.324 e. The van der Waals surface area contributed by atoms with E-state index in [0.29, 0.717) is 16.4 Å². The number of carbonyl (C=O) groups excluding carboxylic acids is 1. The van der Waals surface area contributed by atoms with Gasteiger partial charge < -0.3 is 9.72 Å². The molecule has 1 aromatic heterocycles. The molecule has 23 heavy (non-hydrogen) atoms. The highest BCUT2D eigenvalue weighted by atomic mass is 35.5. The van der Waals surface area contributed by atoms with Crippen LogP contribution < -0.4 is 0 Å². The van der Waals surface area contributed by atoms with Crippen molar-refractivity contribution in [2.45, 2.75) is 23.9 Å². The Kier molecular flexibility index (Phi) is 4.13. The fraction of sp³-hybridized carbons (Fsp3) is 0.286. The van der Waals surface area contributed by atoms with E-state index in [0.717, 1.165) is 4.31 Å². The number of nitrogens with zero attached hydrogens (tertiary/aromatic N) is 2. The highest BCUT2D eigenvalue weighted by molar-refractivity contribution is 7.89. The number of esters is 1. The SMILES string of the molecule is COC(=O)C1Cc2nc[nH]c2CN1S(=O)(=O)c1ccc(Cl)cc1. The van der Waals surface area contributed by atoms with Gasteiger partial charge in [0.25, 0.3) is 0 Å². The Morgan fingerprint density at radius 2 is 2.09 bits per heavy atom. The van der Waals surface area contributed by atoms with Crippen molar-refractivity contribution in [2.75, 3.05) is 7.11 Å². The van der Waals surface area contributed by atoms with Crippen LogP contribution in [0.1, 0.15) is 11.4 Å². The molecule has 1 aromatic carbocycles. The van der Waals surface area contributed by atoms with Gasteiger partial charge in [0.1, 0.15) is 6.04 Å². The van der Waals surface area contributed by atoms with Crippen molar-refractivity contribution in [3.05, 3.63) is 47.0 Å². The van der Waals surface area contributed by atoms with Crippen molar-refractivity contribution in [1.29, 1.82) is 0 Å². The van der Waals surface area contributed by atoms with Crippen LogP contribution in [0.5, 0.6) is 0 Å². The van der Waals surface area contributed by atoms with Gasteiger partial charge in [-0.05, 0) is 24.3 Å². The van der Waals surface area contributed by atoms with Crippen molar-refractivity contribution in [1.82, 2.24) is 14.3 Å². The monoisotopic (exact) mass is 355 g/mol. The topological polar surface area (TPSA) is 92.4 Å². The molecule has 2 heterocycles. The molecule has 9 heteroatoms. The lowest BCUT2D eigenvalue weighted by Crippen LogP contribution is -2.49. The number of hydrogen-bond acceptors (Lipinski definition) is 5. The van der Waals surface area contributed by atoms with E-state index in [1.54, 1.807) is 0 Å². The summed E-state index contributed by atoms with van der Waals surface area (Å²) >= 11 is 5.81. The van der Waals surface area contributed by atoms with Gasteiger partial charge in [0.2, 0.25) is 10.0 Å². The molecule has 1 atom stereocenters. The van der Waals surface area contributed by atoms with Crippen LogP contribution in [0.25, 0.3) is 0 Å². The number of aromatic nitrogens is 2. The lowest BCUT2D eigenvalue weighted by Gasteiger charge is -2.32. The second-order valence-electron chi connectivity index (χ2n) is 5.08. The number of rotatable bonds is 3. The fourth-order valence-corrected chi connectivity index (χ4v) is 4.22. The molecule has 0 radical (unpaired) electrons. The summed E-state index contributed by atoms with van der Waals surface area (Å²) in [6.45, 7) is 0.0278. The van der Waals surface area contributed by atoms with Crippen LogP contribution in [-0.4, -0.2) is 41.8 Å². The van der Waals surface area contributed by atoms with Crippen molar-refractivity contribution < 1.29 is 17.9 Å².